The Bertz CT molecular complexity index is 593. The number of carbonyl (C=O) groups is 1. The first kappa shape index (κ1) is 15.3. The molecule has 0 aliphatic heterocycles. The van der Waals surface area contributed by atoms with E-state index in [0.29, 0.717) is 12.4 Å². The molecule has 0 spiro atoms. The number of anilines is 1. The maximum Gasteiger partial charge on any atom is 0.234 e. The Morgan fingerprint density at radius 3 is 2.52 bits per heavy atom. The summed E-state index contributed by atoms with van der Waals surface area (Å²) in [6, 6.07) is 11.5. The first-order chi connectivity index (χ1) is 9.99. The third-order valence-electron chi connectivity index (χ3n) is 3.29. The molecule has 1 amide bonds. The molecule has 21 heavy (non-hydrogen) atoms. The van der Waals surface area contributed by atoms with Crippen LogP contribution in [0.25, 0.3) is 11.3 Å². The summed E-state index contributed by atoms with van der Waals surface area (Å²) in [4.78, 5) is 15.8. The molecule has 1 atom stereocenters. The summed E-state index contributed by atoms with van der Waals surface area (Å²) in [5.41, 5.74) is 1.69. The number of hydrogen-bond donors (Lipinski definition) is 0. The number of nitrogens with zero attached hydrogens (tertiary/aromatic N) is 3. The van der Waals surface area contributed by atoms with Gasteiger partial charge in [0.1, 0.15) is 5.69 Å². The molecule has 1 unspecified atom stereocenters. The van der Waals surface area contributed by atoms with Crippen molar-refractivity contribution in [3.63, 3.8) is 0 Å². The Labute approximate surface area is 125 Å². The normalized spacial score (nSPS) is 12.4. The number of benzene rings is 1. The molecule has 1 heterocycles. The summed E-state index contributed by atoms with van der Waals surface area (Å²) < 4.78 is 5.30. The molecule has 112 valence electrons. The van der Waals surface area contributed by atoms with Crippen LogP contribution in [0.4, 0.5) is 5.88 Å². The summed E-state index contributed by atoms with van der Waals surface area (Å²) in [5.74, 6) is 0.374. The molecule has 5 heteroatoms. The Hall–Kier alpha value is -2.14. The third kappa shape index (κ3) is 3.70. The van der Waals surface area contributed by atoms with Crippen molar-refractivity contribution in [1.29, 1.82) is 0 Å². The van der Waals surface area contributed by atoms with E-state index in [0.717, 1.165) is 11.3 Å². The van der Waals surface area contributed by atoms with Gasteiger partial charge in [-0.2, -0.15) is 0 Å². The van der Waals surface area contributed by atoms with E-state index in [4.69, 9.17) is 4.52 Å². The van der Waals surface area contributed by atoms with E-state index in [9.17, 15) is 4.79 Å². The van der Waals surface area contributed by atoms with Crippen LogP contribution in [0.5, 0.6) is 0 Å². The molecule has 0 bridgehead atoms. The first-order valence-corrected chi connectivity index (χ1v) is 6.93. The van der Waals surface area contributed by atoms with Gasteiger partial charge in [0, 0.05) is 31.1 Å². The fourth-order valence-electron chi connectivity index (χ4n) is 2.23. The topological polar surface area (TPSA) is 49.6 Å². The zero-order chi connectivity index (χ0) is 15.4. The van der Waals surface area contributed by atoms with E-state index in [1.807, 2.05) is 56.3 Å². The van der Waals surface area contributed by atoms with Gasteiger partial charge in [0.15, 0.2) is 0 Å². The summed E-state index contributed by atoms with van der Waals surface area (Å²) in [5, 5.41) is 4.03. The van der Waals surface area contributed by atoms with Crippen molar-refractivity contribution < 1.29 is 9.32 Å². The molecule has 0 aliphatic rings. The minimum atomic E-state index is -0.102. The van der Waals surface area contributed by atoms with E-state index in [1.165, 1.54) is 4.90 Å². The van der Waals surface area contributed by atoms with Gasteiger partial charge in [-0.3, -0.25) is 9.69 Å². The van der Waals surface area contributed by atoms with Crippen molar-refractivity contribution in [2.24, 2.45) is 5.92 Å². The van der Waals surface area contributed by atoms with Gasteiger partial charge < -0.3 is 9.42 Å². The van der Waals surface area contributed by atoms with Crippen LogP contribution in [0, 0.1) is 5.92 Å². The number of rotatable bonds is 5. The smallest absolute Gasteiger partial charge is 0.234 e. The van der Waals surface area contributed by atoms with Crippen molar-refractivity contribution in [3.8, 4) is 11.3 Å². The fourth-order valence-corrected chi connectivity index (χ4v) is 2.23. The Kier molecular flexibility index (Phi) is 4.75. The predicted octanol–water partition coefficient (Wildman–Crippen LogP) is 2.50. The Morgan fingerprint density at radius 2 is 1.90 bits per heavy atom. The van der Waals surface area contributed by atoms with E-state index in [1.54, 1.807) is 13.1 Å². The number of hydrogen-bond acceptors (Lipinski definition) is 4. The van der Waals surface area contributed by atoms with E-state index < -0.39 is 0 Å². The SMILES string of the molecule is CC(CN(C)C)C(=O)N(C)c1cc(-c2ccccc2)no1. The summed E-state index contributed by atoms with van der Waals surface area (Å²) >= 11 is 0. The summed E-state index contributed by atoms with van der Waals surface area (Å²) in [6.45, 7) is 2.61. The van der Waals surface area contributed by atoms with Gasteiger partial charge in [-0.15, -0.1) is 0 Å². The highest BCUT2D eigenvalue weighted by atomic mass is 16.5. The zero-order valence-electron chi connectivity index (χ0n) is 12.9. The number of amides is 1. The van der Waals surface area contributed by atoms with Crippen LogP contribution in [0.15, 0.2) is 40.9 Å². The van der Waals surface area contributed by atoms with Crippen molar-refractivity contribution in [3.05, 3.63) is 36.4 Å². The van der Waals surface area contributed by atoms with Crippen LogP contribution in [-0.2, 0) is 4.79 Å². The molecule has 0 N–H and O–H groups in total. The van der Waals surface area contributed by atoms with E-state index in [2.05, 4.69) is 5.16 Å². The molecular weight excluding hydrogens is 266 g/mol. The minimum absolute atomic E-state index is 0.0134. The minimum Gasteiger partial charge on any atom is -0.338 e. The lowest BCUT2D eigenvalue weighted by atomic mass is 10.1. The monoisotopic (exact) mass is 287 g/mol. The highest BCUT2D eigenvalue weighted by Crippen LogP contribution is 2.24. The van der Waals surface area contributed by atoms with Crippen LogP contribution in [0.1, 0.15) is 6.92 Å². The Morgan fingerprint density at radius 1 is 1.24 bits per heavy atom. The lowest BCUT2D eigenvalue weighted by Crippen LogP contribution is -2.36. The van der Waals surface area contributed by atoms with Gasteiger partial charge in [-0.1, -0.05) is 42.4 Å². The molecule has 2 rings (SSSR count). The zero-order valence-corrected chi connectivity index (χ0v) is 12.9. The number of aromatic nitrogens is 1. The lowest BCUT2D eigenvalue weighted by molar-refractivity contribution is -0.122. The highest BCUT2D eigenvalue weighted by Gasteiger charge is 2.22. The van der Waals surface area contributed by atoms with Crippen LogP contribution in [-0.4, -0.2) is 43.7 Å². The van der Waals surface area contributed by atoms with Crippen molar-refractivity contribution >= 4 is 11.8 Å². The standard InChI is InChI=1S/C16H21N3O2/c1-12(11-18(2)3)16(20)19(4)15-10-14(17-21-15)13-8-6-5-7-9-13/h5-10,12H,11H2,1-4H3. The number of carbonyl (C=O) groups excluding carboxylic acids is 1. The molecule has 1 aromatic carbocycles. The first-order valence-electron chi connectivity index (χ1n) is 6.93. The molecule has 5 nitrogen and oxygen atoms in total. The second kappa shape index (κ2) is 6.54. The largest absolute Gasteiger partial charge is 0.338 e. The van der Waals surface area contributed by atoms with E-state index in [-0.39, 0.29) is 11.8 Å². The summed E-state index contributed by atoms with van der Waals surface area (Å²) in [6.07, 6.45) is 0. The predicted molar refractivity (Wildman–Crippen MR) is 83.1 cm³/mol. The molecule has 0 aliphatic carbocycles. The second-order valence-corrected chi connectivity index (χ2v) is 5.48. The second-order valence-electron chi connectivity index (χ2n) is 5.48. The molecule has 2 aromatic rings. The van der Waals surface area contributed by atoms with Crippen LogP contribution in [0.2, 0.25) is 0 Å². The van der Waals surface area contributed by atoms with Gasteiger partial charge in [0.2, 0.25) is 11.8 Å². The fraction of sp³-hybridized carbons (Fsp3) is 0.375. The highest BCUT2D eigenvalue weighted by molar-refractivity contribution is 5.93. The van der Waals surface area contributed by atoms with E-state index >= 15 is 0 Å². The van der Waals surface area contributed by atoms with Gasteiger partial charge in [-0.25, -0.2) is 0 Å². The molecule has 0 radical (unpaired) electrons. The lowest BCUT2D eigenvalue weighted by Gasteiger charge is -2.20. The van der Waals surface area contributed by atoms with Crippen molar-refractivity contribution in [2.45, 2.75) is 6.92 Å². The van der Waals surface area contributed by atoms with Gasteiger partial charge in [0.05, 0.1) is 0 Å². The van der Waals surface area contributed by atoms with Crippen molar-refractivity contribution in [2.75, 3.05) is 32.6 Å². The molecule has 1 aromatic heterocycles. The maximum atomic E-state index is 12.3. The van der Waals surface area contributed by atoms with Gasteiger partial charge in [-0.05, 0) is 14.1 Å². The van der Waals surface area contributed by atoms with Crippen LogP contribution < -0.4 is 4.90 Å². The van der Waals surface area contributed by atoms with Crippen molar-refractivity contribution in [1.82, 2.24) is 10.1 Å². The molecule has 0 saturated heterocycles. The quantitative estimate of drug-likeness (QED) is 0.848. The van der Waals surface area contributed by atoms with Gasteiger partial charge in [0.25, 0.3) is 0 Å². The molecule has 0 saturated carbocycles. The summed E-state index contributed by atoms with van der Waals surface area (Å²) in [7, 11) is 5.61. The molecule has 0 fully saturated rings. The average Bonchev–Trinajstić information content (AvgIpc) is 2.95. The third-order valence-corrected chi connectivity index (χ3v) is 3.29. The van der Waals surface area contributed by atoms with Gasteiger partial charge >= 0.3 is 0 Å². The van der Waals surface area contributed by atoms with Crippen LogP contribution in [0.3, 0.4) is 0 Å². The molecular formula is C16H21N3O2. The Balaban J connectivity index is 2.12. The maximum absolute atomic E-state index is 12.3. The average molecular weight is 287 g/mol. The van der Waals surface area contributed by atoms with Crippen LogP contribution >= 0.6 is 0 Å².